The van der Waals surface area contributed by atoms with Crippen LogP contribution in [0.3, 0.4) is 0 Å². The average Bonchev–Trinajstić information content (AvgIpc) is 3.03. The summed E-state index contributed by atoms with van der Waals surface area (Å²) in [4.78, 5) is 0. The van der Waals surface area contributed by atoms with Gasteiger partial charge in [-0.3, -0.25) is 5.10 Å². The second-order valence-electron chi connectivity index (χ2n) is 4.90. The number of benzene rings is 2. The van der Waals surface area contributed by atoms with Crippen molar-refractivity contribution in [3.05, 3.63) is 70.3 Å². The zero-order valence-corrected chi connectivity index (χ0v) is 13.5. The van der Waals surface area contributed by atoms with E-state index in [9.17, 15) is 0 Å². The van der Waals surface area contributed by atoms with E-state index in [-0.39, 0.29) is 0 Å². The molecule has 0 radical (unpaired) electrons. The second-order valence-corrected chi connectivity index (χ2v) is 5.81. The van der Waals surface area contributed by atoms with E-state index in [1.54, 1.807) is 0 Å². The molecular weight excluding hydrogens is 342 g/mol. The number of aromatic amines is 1. The van der Waals surface area contributed by atoms with Crippen molar-refractivity contribution >= 4 is 15.9 Å². The molecule has 4 nitrogen and oxygen atoms in total. The topological polar surface area (TPSA) is 63.9 Å². The van der Waals surface area contributed by atoms with Gasteiger partial charge >= 0.3 is 0 Å². The van der Waals surface area contributed by atoms with Gasteiger partial charge in [0.2, 0.25) is 0 Å². The van der Waals surface area contributed by atoms with Gasteiger partial charge in [0.1, 0.15) is 12.4 Å². The highest BCUT2D eigenvalue weighted by Gasteiger charge is 2.11. The Balaban J connectivity index is 1.87. The number of nitrogens with zero attached hydrogens (tertiary/aromatic N) is 1. The number of nitrogens with two attached hydrogens (primary N) is 1. The summed E-state index contributed by atoms with van der Waals surface area (Å²) in [6.45, 7) is 0.947. The highest BCUT2D eigenvalue weighted by molar-refractivity contribution is 9.10. The number of nitrogens with one attached hydrogen (secondary N) is 1. The van der Waals surface area contributed by atoms with Crippen LogP contribution in [0.15, 0.2) is 59.1 Å². The van der Waals surface area contributed by atoms with Gasteiger partial charge in [0.25, 0.3) is 0 Å². The first-order valence-electron chi connectivity index (χ1n) is 6.97. The standard InChI is InChI=1S/C17H16BrN3O/c18-13-6-7-15(16-9-14(10-19)20-21-16)17(8-13)22-11-12-4-2-1-3-5-12/h1-9H,10-11,19H2,(H,20,21). The zero-order valence-electron chi connectivity index (χ0n) is 11.9. The van der Waals surface area contributed by atoms with E-state index in [1.807, 2.05) is 54.6 Å². The molecule has 3 N–H and O–H groups in total. The van der Waals surface area contributed by atoms with Crippen LogP contribution in [0.5, 0.6) is 5.75 Å². The van der Waals surface area contributed by atoms with Crippen molar-refractivity contribution in [2.45, 2.75) is 13.2 Å². The first kappa shape index (κ1) is 14.8. The summed E-state index contributed by atoms with van der Waals surface area (Å²) in [5, 5.41) is 7.23. The van der Waals surface area contributed by atoms with E-state index in [4.69, 9.17) is 10.5 Å². The Hall–Kier alpha value is -2.11. The van der Waals surface area contributed by atoms with Crippen molar-refractivity contribution < 1.29 is 4.74 Å². The third-order valence-corrected chi connectivity index (χ3v) is 3.80. The number of hydrogen-bond donors (Lipinski definition) is 2. The van der Waals surface area contributed by atoms with Crippen LogP contribution in [-0.4, -0.2) is 10.2 Å². The maximum atomic E-state index is 5.99. The molecule has 0 spiro atoms. The van der Waals surface area contributed by atoms with Crippen molar-refractivity contribution in [1.29, 1.82) is 0 Å². The molecule has 0 aliphatic heterocycles. The van der Waals surface area contributed by atoms with Gasteiger partial charge in [-0.1, -0.05) is 46.3 Å². The normalized spacial score (nSPS) is 10.6. The largest absolute Gasteiger partial charge is 0.488 e. The fourth-order valence-electron chi connectivity index (χ4n) is 2.17. The molecular formula is C17H16BrN3O. The lowest BCUT2D eigenvalue weighted by molar-refractivity contribution is 0.307. The monoisotopic (exact) mass is 357 g/mol. The molecule has 0 saturated heterocycles. The van der Waals surface area contributed by atoms with Crippen LogP contribution in [0.4, 0.5) is 0 Å². The van der Waals surface area contributed by atoms with E-state index in [0.29, 0.717) is 13.2 Å². The predicted octanol–water partition coefficient (Wildman–Crippen LogP) is 3.88. The van der Waals surface area contributed by atoms with Crippen LogP contribution in [-0.2, 0) is 13.2 Å². The Morgan fingerprint density at radius 1 is 1.09 bits per heavy atom. The third-order valence-electron chi connectivity index (χ3n) is 3.31. The molecule has 3 aromatic rings. The molecule has 1 aromatic heterocycles. The summed E-state index contributed by atoms with van der Waals surface area (Å²) in [7, 11) is 0. The van der Waals surface area contributed by atoms with E-state index in [1.165, 1.54) is 0 Å². The van der Waals surface area contributed by atoms with E-state index >= 15 is 0 Å². The SMILES string of the molecule is NCc1cc(-c2ccc(Br)cc2OCc2ccccc2)n[nH]1. The molecule has 112 valence electrons. The van der Waals surface area contributed by atoms with E-state index < -0.39 is 0 Å². The number of ether oxygens (including phenoxy) is 1. The highest BCUT2D eigenvalue weighted by atomic mass is 79.9. The smallest absolute Gasteiger partial charge is 0.130 e. The van der Waals surface area contributed by atoms with Crippen LogP contribution < -0.4 is 10.5 Å². The van der Waals surface area contributed by atoms with Crippen molar-refractivity contribution in [3.8, 4) is 17.0 Å². The fraction of sp³-hybridized carbons (Fsp3) is 0.118. The van der Waals surface area contributed by atoms with Crippen LogP contribution in [0.1, 0.15) is 11.3 Å². The number of halogens is 1. The summed E-state index contributed by atoms with van der Waals surface area (Å²) in [5.41, 5.74) is 9.42. The quantitative estimate of drug-likeness (QED) is 0.728. The summed E-state index contributed by atoms with van der Waals surface area (Å²) in [5.74, 6) is 0.785. The first-order chi connectivity index (χ1) is 10.8. The third kappa shape index (κ3) is 3.37. The summed E-state index contributed by atoms with van der Waals surface area (Å²) < 4.78 is 6.95. The second kappa shape index (κ2) is 6.77. The Morgan fingerprint density at radius 3 is 2.64 bits per heavy atom. The number of aromatic nitrogens is 2. The van der Waals surface area contributed by atoms with Crippen LogP contribution in [0.25, 0.3) is 11.3 Å². The summed E-state index contributed by atoms with van der Waals surface area (Å²) >= 11 is 3.49. The molecule has 0 unspecified atom stereocenters. The Kier molecular flexibility index (Phi) is 4.56. The van der Waals surface area contributed by atoms with Crippen LogP contribution in [0, 0.1) is 0 Å². The van der Waals surface area contributed by atoms with Crippen molar-refractivity contribution in [1.82, 2.24) is 10.2 Å². The lowest BCUT2D eigenvalue weighted by Crippen LogP contribution is -1.97. The predicted molar refractivity (Wildman–Crippen MR) is 90.4 cm³/mol. The van der Waals surface area contributed by atoms with Gasteiger partial charge in [-0.25, -0.2) is 0 Å². The van der Waals surface area contributed by atoms with Crippen LogP contribution in [0.2, 0.25) is 0 Å². The van der Waals surface area contributed by atoms with E-state index in [2.05, 4.69) is 26.1 Å². The Labute approximate surface area is 137 Å². The Morgan fingerprint density at radius 2 is 1.91 bits per heavy atom. The molecule has 22 heavy (non-hydrogen) atoms. The molecule has 3 rings (SSSR count). The van der Waals surface area contributed by atoms with Gasteiger partial charge in [0.05, 0.1) is 5.69 Å². The van der Waals surface area contributed by atoms with Gasteiger partial charge in [0, 0.05) is 22.3 Å². The lowest BCUT2D eigenvalue weighted by Gasteiger charge is -2.11. The molecule has 0 aliphatic carbocycles. The number of rotatable bonds is 5. The molecule has 2 aromatic carbocycles. The van der Waals surface area contributed by atoms with E-state index in [0.717, 1.165) is 32.7 Å². The lowest BCUT2D eigenvalue weighted by atomic mass is 10.1. The minimum absolute atomic E-state index is 0.434. The fourth-order valence-corrected chi connectivity index (χ4v) is 2.51. The Bertz CT molecular complexity index is 756. The molecule has 1 heterocycles. The average molecular weight is 358 g/mol. The summed E-state index contributed by atoms with van der Waals surface area (Å²) in [6, 6.07) is 17.9. The molecule has 0 fully saturated rings. The summed E-state index contributed by atoms with van der Waals surface area (Å²) in [6.07, 6.45) is 0. The molecule has 0 bridgehead atoms. The first-order valence-corrected chi connectivity index (χ1v) is 7.76. The van der Waals surface area contributed by atoms with Gasteiger partial charge < -0.3 is 10.5 Å². The zero-order chi connectivity index (χ0) is 15.4. The van der Waals surface area contributed by atoms with Crippen molar-refractivity contribution in [2.24, 2.45) is 5.73 Å². The minimum atomic E-state index is 0.434. The van der Waals surface area contributed by atoms with Crippen molar-refractivity contribution in [2.75, 3.05) is 0 Å². The minimum Gasteiger partial charge on any atom is -0.488 e. The number of hydrogen-bond acceptors (Lipinski definition) is 3. The van der Waals surface area contributed by atoms with Gasteiger partial charge in [0.15, 0.2) is 0 Å². The van der Waals surface area contributed by atoms with Gasteiger partial charge in [-0.15, -0.1) is 0 Å². The van der Waals surface area contributed by atoms with Crippen LogP contribution >= 0.6 is 15.9 Å². The molecule has 0 aliphatic rings. The maximum absolute atomic E-state index is 5.99. The molecule has 0 atom stereocenters. The molecule has 5 heteroatoms. The number of H-pyrrole nitrogens is 1. The van der Waals surface area contributed by atoms with Crippen molar-refractivity contribution in [3.63, 3.8) is 0 Å². The highest BCUT2D eigenvalue weighted by Crippen LogP contribution is 2.32. The van der Waals surface area contributed by atoms with Gasteiger partial charge in [-0.2, -0.15) is 5.10 Å². The van der Waals surface area contributed by atoms with Gasteiger partial charge in [-0.05, 0) is 29.8 Å². The molecule has 0 amide bonds. The maximum Gasteiger partial charge on any atom is 0.130 e. The molecule has 0 saturated carbocycles.